The van der Waals surface area contributed by atoms with Gasteiger partial charge in [-0.1, -0.05) is 37.6 Å². The normalized spacial score (nSPS) is 11.3. The van der Waals surface area contributed by atoms with E-state index >= 15 is 0 Å². The molecule has 1 aliphatic heterocycles. The van der Waals surface area contributed by atoms with Crippen molar-refractivity contribution >= 4 is 23.3 Å². The van der Waals surface area contributed by atoms with Crippen molar-refractivity contribution in [2.45, 2.75) is 34.2 Å². The van der Waals surface area contributed by atoms with Crippen LogP contribution in [0, 0.1) is 6.92 Å². The Bertz CT molecular complexity index is 1040. The van der Waals surface area contributed by atoms with E-state index in [1.165, 1.54) is 0 Å². The van der Waals surface area contributed by atoms with Gasteiger partial charge in [-0.15, -0.1) is 10.2 Å². The van der Waals surface area contributed by atoms with Gasteiger partial charge in [0.15, 0.2) is 5.82 Å². The van der Waals surface area contributed by atoms with Gasteiger partial charge in [-0.25, -0.2) is 0 Å². The first-order valence-electron chi connectivity index (χ1n) is 9.50. The van der Waals surface area contributed by atoms with Crippen LogP contribution in [0.1, 0.15) is 43.5 Å². The Labute approximate surface area is 181 Å². The maximum atomic E-state index is 9.00. The molecule has 0 saturated carbocycles. The highest BCUT2D eigenvalue weighted by molar-refractivity contribution is 6.30. The number of fused-ring (bicyclic) bond motifs is 3. The Morgan fingerprint density at radius 3 is 2.37 bits per heavy atom. The van der Waals surface area contributed by atoms with Gasteiger partial charge in [0, 0.05) is 23.1 Å². The summed E-state index contributed by atoms with van der Waals surface area (Å²) in [7, 11) is 1.66. The number of halogens is 1. The number of carbonyl (C=O) groups is 1. The molecule has 1 aromatic heterocycles. The molecule has 8 heteroatoms. The minimum atomic E-state index is -0.833. The van der Waals surface area contributed by atoms with E-state index in [1.54, 1.807) is 7.11 Å². The fourth-order valence-electron chi connectivity index (χ4n) is 2.94. The molecule has 0 atom stereocenters. The molecule has 0 bridgehead atoms. The average Bonchev–Trinajstić information content (AvgIpc) is 3.01. The number of methoxy groups -OCH3 is 1. The van der Waals surface area contributed by atoms with Gasteiger partial charge in [-0.2, -0.15) is 0 Å². The molecule has 2 aromatic carbocycles. The predicted molar refractivity (Wildman–Crippen MR) is 118 cm³/mol. The van der Waals surface area contributed by atoms with Gasteiger partial charge in [-0.05, 0) is 37.3 Å². The number of carboxylic acids is 1. The number of rotatable bonds is 2. The number of benzene rings is 2. The molecule has 30 heavy (non-hydrogen) atoms. The zero-order chi connectivity index (χ0) is 22.3. The van der Waals surface area contributed by atoms with Crippen molar-refractivity contribution in [1.82, 2.24) is 14.8 Å². The smallest absolute Gasteiger partial charge is 0.300 e. The Kier molecular flexibility index (Phi) is 8.12. The van der Waals surface area contributed by atoms with Crippen LogP contribution in [0.5, 0.6) is 5.75 Å². The SMILES string of the molecule is CC.CC(=O)O.COc1ccc2c(c1)C(c1ccc(Cl)cc1)=NCc1nnc(C)n1-2. The number of hydrogen-bond acceptors (Lipinski definition) is 5. The van der Waals surface area contributed by atoms with E-state index in [0.29, 0.717) is 11.6 Å². The van der Waals surface area contributed by atoms with Crippen molar-refractivity contribution in [3.8, 4) is 11.4 Å². The van der Waals surface area contributed by atoms with Gasteiger partial charge >= 0.3 is 0 Å². The fraction of sp³-hybridized carbons (Fsp3) is 0.273. The highest BCUT2D eigenvalue weighted by Gasteiger charge is 2.22. The summed E-state index contributed by atoms with van der Waals surface area (Å²) >= 11 is 6.02. The molecule has 0 spiro atoms. The molecule has 3 aromatic rings. The molecule has 0 radical (unpaired) electrons. The summed E-state index contributed by atoms with van der Waals surface area (Å²) < 4.78 is 7.45. The van der Waals surface area contributed by atoms with Crippen LogP contribution in [-0.2, 0) is 11.3 Å². The second-order valence-electron chi connectivity index (χ2n) is 6.07. The molecule has 158 valence electrons. The van der Waals surface area contributed by atoms with Crippen LogP contribution in [0.25, 0.3) is 5.69 Å². The second kappa shape index (κ2) is 10.5. The summed E-state index contributed by atoms with van der Waals surface area (Å²) in [6.45, 7) is 7.49. The lowest BCUT2D eigenvalue weighted by atomic mass is 10.00. The highest BCUT2D eigenvalue weighted by atomic mass is 35.5. The van der Waals surface area contributed by atoms with Crippen molar-refractivity contribution in [1.29, 1.82) is 0 Å². The lowest BCUT2D eigenvalue weighted by molar-refractivity contribution is -0.134. The topological polar surface area (TPSA) is 89.6 Å². The van der Waals surface area contributed by atoms with E-state index in [0.717, 1.165) is 46.8 Å². The Hall–Kier alpha value is -3.19. The van der Waals surface area contributed by atoms with Crippen molar-refractivity contribution in [3.05, 3.63) is 70.3 Å². The van der Waals surface area contributed by atoms with Crippen molar-refractivity contribution in [2.24, 2.45) is 4.99 Å². The van der Waals surface area contributed by atoms with E-state index in [-0.39, 0.29) is 0 Å². The van der Waals surface area contributed by atoms with Crippen molar-refractivity contribution in [2.75, 3.05) is 7.11 Å². The number of nitrogens with zero attached hydrogens (tertiary/aromatic N) is 4. The average molecular weight is 429 g/mol. The summed E-state index contributed by atoms with van der Waals surface area (Å²) in [5, 5.41) is 16.6. The van der Waals surface area contributed by atoms with Crippen LogP contribution in [0.15, 0.2) is 47.5 Å². The summed E-state index contributed by atoms with van der Waals surface area (Å²) in [4.78, 5) is 13.8. The van der Waals surface area contributed by atoms with Crippen LogP contribution in [0.4, 0.5) is 0 Å². The van der Waals surface area contributed by atoms with Gasteiger partial charge in [0.05, 0.1) is 18.5 Å². The minimum Gasteiger partial charge on any atom is -0.497 e. The van der Waals surface area contributed by atoms with Gasteiger partial charge < -0.3 is 9.84 Å². The van der Waals surface area contributed by atoms with Crippen LogP contribution in [0.2, 0.25) is 5.02 Å². The van der Waals surface area contributed by atoms with E-state index in [9.17, 15) is 0 Å². The number of aliphatic imine (C=N–C) groups is 1. The van der Waals surface area contributed by atoms with Crippen LogP contribution in [-0.4, -0.2) is 38.7 Å². The van der Waals surface area contributed by atoms with Crippen LogP contribution >= 0.6 is 11.6 Å². The van der Waals surface area contributed by atoms with Crippen LogP contribution in [0.3, 0.4) is 0 Å². The first-order chi connectivity index (χ1) is 14.4. The van der Waals surface area contributed by atoms with Gasteiger partial charge in [0.25, 0.3) is 5.97 Å². The molecule has 0 amide bonds. The molecule has 2 heterocycles. The molecule has 1 N–H and O–H groups in total. The number of ether oxygens (including phenoxy) is 1. The lowest BCUT2D eigenvalue weighted by Crippen LogP contribution is -2.08. The third-order valence-electron chi connectivity index (χ3n) is 4.09. The molecule has 1 aliphatic rings. The zero-order valence-electron chi connectivity index (χ0n) is 17.7. The highest BCUT2D eigenvalue weighted by Crippen LogP contribution is 2.29. The third-order valence-corrected chi connectivity index (χ3v) is 4.34. The molecular weight excluding hydrogens is 404 g/mol. The number of aryl methyl sites for hydroxylation is 1. The maximum absolute atomic E-state index is 9.00. The molecule has 7 nitrogen and oxygen atoms in total. The first-order valence-corrected chi connectivity index (χ1v) is 9.88. The van der Waals surface area contributed by atoms with Crippen LogP contribution < -0.4 is 4.74 Å². The molecule has 4 rings (SSSR count). The third kappa shape index (κ3) is 5.24. The minimum absolute atomic E-state index is 0.468. The lowest BCUT2D eigenvalue weighted by Gasteiger charge is -2.14. The van der Waals surface area contributed by atoms with E-state index in [4.69, 9.17) is 31.2 Å². The van der Waals surface area contributed by atoms with Gasteiger partial charge in [0.2, 0.25) is 0 Å². The van der Waals surface area contributed by atoms with Gasteiger partial charge in [0.1, 0.15) is 18.1 Å². The number of aliphatic carboxylic acids is 1. The van der Waals surface area contributed by atoms with E-state index < -0.39 is 5.97 Å². The van der Waals surface area contributed by atoms with E-state index in [1.807, 2.05) is 67.8 Å². The standard InChI is InChI=1S/C18H15ClN4O.C2H4O2.C2H6/c1-11-21-22-17-10-20-18(12-3-5-13(19)6-4-12)15-9-14(24-2)7-8-16(15)23(11)17;1-2(3)4;1-2/h3-9H,10H2,1-2H3;1H3,(H,3,4);1-2H3. The first kappa shape index (κ1) is 23.1. The number of carboxylic acid groups (broad SMARTS) is 1. The second-order valence-corrected chi connectivity index (χ2v) is 6.51. The number of hydrogen-bond donors (Lipinski definition) is 1. The van der Waals surface area contributed by atoms with E-state index in [2.05, 4.69) is 10.2 Å². The summed E-state index contributed by atoms with van der Waals surface area (Å²) in [5.41, 5.74) is 3.88. The Morgan fingerprint density at radius 2 is 1.77 bits per heavy atom. The fourth-order valence-corrected chi connectivity index (χ4v) is 3.06. The van der Waals surface area contributed by atoms with Gasteiger partial charge in [-0.3, -0.25) is 14.4 Å². The van der Waals surface area contributed by atoms with Crippen molar-refractivity contribution in [3.63, 3.8) is 0 Å². The monoisotopic (exact) mass is 428 g/mol. The molecule has 0 unspecified atom stereocenters. The Balaban J connectivity index is 0.000000481. The number of aromatic nitrogens is 3. The summed E-state index contributed by atoms with van der Waals surface area (Å²) in [5.74, 6) is 1.61. The molecular formula is C22H25ClN4O3. The summed E-state index contributed by atoms with van der Waals surface area (Å²) in [6, 6.07) is 13.6. The summed E-state index contributed by atoms with van der Waals surface area (Å²) in [6.07, 6.45) is 0. The maximum Gasteiger partial charge on any atom is 0.300 e. The van der Waals surface area contributed by atoms with Crippen molar-refractivity contribution < 1.29 is 14.6 Å². The largest absolute Gasteiger partial charge is 0.497 e. The predicted octanol–water partition coefficient (Wildman–Crippen LogP) is 4.71. The quantitative estimate of drug-likeness (QED) is 0.638. The molecule has 0 aliphatic carbocycles. The molecule has 0 saturated heterocycles. The molecule has 0 fully saturated rings. The Morgan fingerprint density at radius 1 is 1.13 bits per heavy atom. The zero-order valence-corrected chi connectivity index (χ0v) is 18.4.